The zero-order valence-corrected chi connectivity index (χ0v) is 11.8. The van der Waals surface area contributed by atoms with Crippen molar-refractivity contribution in [1.29, 1.82) is 0 Å². The summed E-state index contributed by atoms with van der Waals surface area (Å²) in [5.41, 5.74) is 4.57. The van der Waals surface area contributed by atoms with Gasteiger partial charge in [-0.3, -0.25) is 11.3 Å². The second kappa shape index (κ2) is 6.70. The van der Waals surface area contributed by atoms with Gasteiger partial charge in [-0.15, -0.1) is 0 Å². The van der Waals surface area contributed by atoms with E-state index in [1.807, 2.05) is 18.2 Å². The Morgan fingerprint density at radius 2 is 1.95 bits per heavy atom. The molecule has 5 heteroatoms. The molecule has 0 amide bonds. The number of hydrogen-bond donors (Lipinski definition) is 2. The maximum Gasteiger partial charge on any atom is 0.165 e. The summed E-state index contributed by atoms with van der Waals surface area (Å²) < 4.78 is 18.6. The molecule has 0 fully saturated rings. The van der Waals surface area contributed by atoms with Gasteiger partial charge in [-0.25, -0.2) is 4.39 Å². The molecule has 0 saturated carbocycles. The Morgan fingerprint density at radius 3 is 2.50 bits per heavy atom. The minimum Gasteiger partial charge on any atom is -0.494 e. The first-order valence-electron chi connectivity index (χ1n) is 6.18. The SMILES string of the molecule is COc1ccc(CC(NN)c2ccc(Cl)cc2)cc1F. The van der Waals surface area contributed by atoms with Gasteiger partial charge in [-0.2, -0.15) is 0 Å². The summed E-state index contributed by atoms with van der Waals surface area (Å²) in [4.78, 5) is 0. The largest absolute Gasteiger partial charge is 0.494 e. The van der Waals surface area contributed by atoms with E-state index in [9.17, 15) is 4.39 Å². The monoisotopic (exact) mass is 294 g/mol. The van der Waals surface area contributed by atoms with Crippen molar-refractivity contribution >= 4 is 11.6 Å². The number of rotatable bonds is 5. The maximum absolute atomic E-state index is 13.7. The van der Waals surface area contributed by atoms with E-state index in [1.165, 1.54) is 13.2 Å². The first-order chi connectivity index (χ1) is 9.63. The zero-order chi connectivity index (χ0) is 14.5. The van der Waals surface area contributed by atoms with E-state index in [1.54, 1.807) is 18.2 Å². The number of benzene rings is 2. The van der Waals surface area contributed by atoms with E-state index < -0.39 is 0 Å². The highest BCUT2D eigenvalue weighted by Gasteiger charge is 2.12. The molecule has 2 aromatic rings. The molecule has 0 aromatic heterocycles. The third-order valence-corrected chi connectivity index (χ3v) is 3.38. The molecule has 0 bridgehead atoms. The molecule has 0 saturated heterocycles. The van der Waals surface area contributed by atoms with Crippen LogP contribution in [0.2, 0.25) is 5.02 Å². The van der Waals surface area contributed by atoms with Gasteiger partial charge < -0.3 is 4.74 Å². The minimum absolute atomic E-state index is 0.111. The van der Waals surface area contributed by atoms with E-state index in [4.69, 9.17) is 22.2 Å². The highest BCUT2D eigenvalue weighted by Crippen LogP contribution is 2.23. The summed E-state index contributed by atoms with van der Waals surface area (Å²) >= 11 is 5.86. The highest BCUT2D eigenvalue weighted by molar-refractivity contribution is 6.30. The van der Waals surface area contributed by atoms with Gasteiger partial charge in [0.15, 0.2) is 11.6 Å². The van der Waals surface area contributed by atoms with Gasteiger partial charge in [0.05, 0.1) is 7.11 Å². The Balaban J connectivity index is 2.17. The van der Waals surface area contributed by atoms with Gasteiger partial charge in [-0.05, 0) is 41.8 Å². The molecule has 0 heterocycles. The summed E-state index contributed by atoms with van der Waals surface area (Å²) in [7, 11) is 1.44. The molecule has 2 aromatic carbocycles. The van der Waals surface area contributed by atoms with Crippen molar-refractivity contribution in [2.45, 2.75) is 12.5 Å². The Morgan fingerprint density at radius 1 is 1.25 bits per heavy atom. The lowest BCUT2D eigenvalue weighted by Gasteiger charge is -2.17. The summed E-state index contributed by atoms with van der Waals surface area (Å²) in [6.07, 6.45) is 0.568. The highest BCUT2D eigenvalue weighted by atomic mass is 35.5. The Bertz CT molecular complexity index is 575. The van der Waals surface area contributed by atoms with Gasteiger partial charge in [0, 0.05) is 11.1 Å². The molecule has 0 aliphatic carbocycles. The normalized spacial score (nSPS) is 12.2. The van der Waals surface area contributed by atoms with Crippen molar-refractivity contribution in [3.8, 4) is 5.75 Å². The van der Waals surface area contributed by atoms with Crippen LogP contribution in [0.5, 0.6) is 5.75 Å². The van der Waals surface area contributed by atoms with Crippen LogP contribution in [-0.4, -0.2) is 7.11 Å². The molecule has 0 radical (unpaired) electrons. The van der Waals surface area contributed by atoms with Crippen LogP contribution in [-0.2, 0) is 6.42 Å². The molecule has 1 atom stereocenters. The van der Waals surface area contributed by atoms with Crippen LogP contribution in [0, 0.1) is 5.82 Å². The van der Waals surface area contributed by atoms with Gasteiger partial charge in [-0.1, -0.05) is 29.8 Å². The summed E-state index contributed by atoms with van der Waals surface area (Å²) in [6, 6.07) is 12.2. The summed E-state index contributed by atoms with van der Waals surface area (Å²) in [6.45, 7) is 0. The lowest BCUT2D eigenvalue weighted by molar-refractivity contribution is 0.386. The molecule has 106 valence electrons. The maximum atomic E-state index is 13.7. The number of nitrogens with one attached hydrogen (secondary N) is 1. The van der Waals surface area contributed by atoms with Crippen molar-refractivity contribution in [1.82, 2.24) is 5.43 Å². The average molecular weight is 295 g/mol. The predicted molar refractivity (Wildman–Crippen MR) is 78.2 cm³/mol. The fraction of sp³-hybridized carbons (Fsp3) is 0.200. The lowest BCUT2D eigenvalue weighted by atomic mass is 9.99. The van der Waals surface area contributed by atoms with Crippen LogP contribution in [0.15, 0.2) is 42.5 Å². The van der Waals surface area contributed by atoms with Gasteiger partial charge in [0.25, 0.3) is 0 Å². The van der Waals surface area contributed by atoms with Gasteiger partial charge >= 0.3 is 0 Å². The second-order valence-electron chi connectivity index (χ2n) is 4.44. The van der Waals surface area contributed by atoms with Gasteiger partial charge in [0.2, 0.25) is 0 Å². The number of halogens is 2. The Kier molecular flexibility index (Phi) is 4.95. The molecule has 0 aliphatic heterocycles. The molecule has 20 heavy (non-hydrogen) atoms. The van der Waals surface area contributed by atoms with Crippen LogP contribution >= 0.6 is 11.6 Å². The van der Waals surface area contributed by atoms with Crippen LogP contribution in [0.4, 0.5) is 4.39 Å². The third-order valence-electron chi connectivity index (χ3n) is 3.13. The molecule has 2 rings (SSSR count). The van der Waals surface area contributed by atoms with Crippen LogP contribution in [0.3, 0.4) is 0 Å². The smallest absolute Gasteiger partial charge is 0.165 e. The molecular weight excluding hydrogens is 279 g/mol. The standard InChI is InChI=1S/C15H16ClFN2O/c1-20-15-7-2-10(8-13(15)17)9-14(19-18)11-3-5-12(16)6-4-11/h2-8,14,19H,9,18H2,1H3. The van der Waals surface area contributed by atoms with Crippen molar-refractivity contribution in [3.63, 3.8) is 0 Å². The summed E-state index contributed by atoms with van der Waals surface area (Å²) in [5, 5.41) is 0.667. The lowest BCUT2D eigenvalue weighted by Crippen LogP contribution is -2.29. The van der Waals surface area contributed by atoms with Crippen LogP contribution in [0.25, 0.3) is 0 Å². The van der Waals surface area contributed by atoms with E-state index >= 15 is 0 Å². The van der Waals surface area contributed by atoms with Crippen molar-refractivity contribution in [3.05, 3.63) is 64.4 Å². The first kappa shape index (κ1) is 14.8. The van der Waals surface area contributed by atoms with E-state index in [2.05, 4.69) is 5.43 Å². The number of hydrazine groups is 1. The predicted octanol–water partition coefficient (Wildman–Crippen LogP) is 3.23. The molecule has 0 spiro atoms. The second-order valence-corrected chi connectivity index (χ2v) is 4.88. The quantitative estimate of drug-likeness (QED) is 0.657. The van der Waals surface area contributed by atoms with Crippen LogP contribution < -0.4 is 16.0 Å². The van der Waals surface area contributed by atoms with Crippen molar-refractivity contribution < 1.29 is 9.13 Å². The topological polar surface area (TPSA) is 47.3 Å². The van der Waals surface area contributed by atoms with Gasteiger partial charge in [0.1, 0.15) is 0 Å². The van der Waals surface area contributed by atoms with Crippen molar-refractivity contribution in [2.75, 3.05) is 7.11 Å². The van der Waals surface area contributed by atoms with E-state index in [0.29, 0.717) is 11.4 Å². The molecule has 3 nitrogen and oxygen atoms in total. The minimum atomic E-state index is -0.378. The van der Waals surface area contributed by atoms with Crippen molar-refractivity contribution in [2.24, 2.45) is 5.84 Å². The number of hydrogen-bond acceptors (Lipinski definition) is 3. The average Bonchev–Trinajstić information content (AvgIpc) is 2.46. The molecule has 0 aliphatic rings. The fourth-order valence-corrected chi connectivity index (χ4v) is 2.17. The number of nitrogens with two attached hydrogens (primary N) is 1. The molecule has 3 N–H and O–H groups in total. The number of ether oxygens (including phenoxy) is 1. The third kappa shape index (κ3) is 3.48. The van der Waals surface area contributed by atoms with Crippen LogP contribution in [0.1, 0.15) is 17.2 Å². The Hall–Kier alpha value is -1.62. The Labute approximate surface area is 122 Å². The number of methoxy groups -OCH3 is 1. The van der Waals surface area contributed by atoms with E-state index in [0.717, 1.165) is 11.1 Å². The first-order valence-corrected chi connectivity index (χ1v) is 6.56. The van der Waals surface area contributed by atoms with E-state index in [-0.39, 0.29) is 17.6 Å². The molecule has 1 unspecified atom stereocenters. The zero-order valence-electron chi connectivity index (χ0n) is 11.1. The molecular formula is C15H16ClFN2O. The fourth-order valence-electron chi connectivity index (χ4n) is 2.04. The summed E-state index contributed by atoms with van der Waals surface area (Å²) in [5.74, 6) is 5.44.